The molecule has 0 aliphatic carbocycles. The Balaban J connectivity index is 0.000000256. The van der Waals surface area contributed by atoms with E-state index in [4.69, 9.17) is 0 Å². The summed E-state index contributed by atoms with van der Waals surface area (Å²) in [6, 6.07) is 127. The standard InChI is InChI=1S/6C12H11P.HI.3Pd/c6*1-3-7-11(8-4-1)13-12-9-5-2-6-10-12;;;;/h6*1-10,13H;1H;;;/p-1. The third-order valence-corrected chi connectivity index (χ3v) is 18.5. The van der Waals surface area contributed by atoms with E-state index in [9.17, 15) is 0 Å². The van der Waals surface area contributed by atoms with Gasteiger partial charge in [0.1, 0.15) is 0 Å². The molecule has 0 heterocycles. The second kappa shape index (κ2) is 46.3. The maximum absolute atomic E-state index is 2.17. The summed E-state index contributed by atoms with van der Waals surface area (Å²) < 4.78 is 0. The predicted octanol–water partition coefficient (Wildman–Crippen LogP) is 10.9. The molecule has 0 unspecified atom stereocenters. The SMILES string of the molecule is [I-].[Pd].[Pd].[Pd].c1ccc(Pc2ccccc2)cc1.c1ccc(Pc2ccccc2)cc1.c1ccc(Pc2ccccc2)cc1.c1ccc(Pc2ccccc2)cc1.c1ccc(Pc2ccccc2)cc1.c1ccc(Pc2ccccc2)cc1. The van der Waals surface area contributed by atoms with Gasteiger partial charge in [-0.2, -0.15) is 0 Å². The summed E-state index contributed by atoms with van der Waals surface area (Å²) in [5.41, 5.74) is 0. The van der Waals surface area contributed by atoms with Gasteiger partial charge in [-0.25, -0.2) is 0 Å². The van der Waals surface area contributed by atoms with E-state index in [0.29, 0.717) is 0 Å². The van der Waals surface area contributed by atoms with Crippen LogP contribution in [0.4, 0.5) is 0 Å². The fourth-order valence-corrected chi connectivity index (χ4v) is 13.6. The van der Waals surface area contributed by atoms with Crippen LogP contribution >= 0.6 is 51.5 Å². The number of benzene rings is 12. The molecule has 0 saturated heterocycles. The summed E-state index contributed by atoms with van der Waals surface area (Å²) in [4.78, 5) is 0. The molecule has 12 rings (SSSR count). The van der Waals surface area contributed by atoms with Gasteiger partial charge in [-0.05, 0) is 63.7 Å². The van der Waals surface area contributed by atoms with Crippen molar-refractivity contribution >= 4 is 115 Å². The van der Waals surface area contributed by atoms with Gasteiger partial charge < -0.3 is 24.0 Å². The van der Waals surface area contributed by atoms with Crippen molar-refractivity contribution in [2.45, 2.75) is 0 Å². The van der Waals surface area contributed by atoms with Crippen LogP contribution in [0.15, 0.2) is 364 Å². The van der Waals surface area contributed by atoms with Crippen LogP contribution in [0, 0.1) is 0 Å². The minimum absolute atomic E-state index is 0. The van der Waals surface area contributed by atoms with Crippen molar-refractivity contribution in [3.63, 3.8) is 0 Å². The first-order chi connectivity index (χ1) is 38.7. The fourth-order valence-electron chi connectivity index (χ4n) is 7.26. The Morgan fingerprint density at radius 1 is 0.110 bits per heavy atom. The maximum atomic E-state index is 2.17. The number of hydrogen-bond acceptors (Lipinski definition) is 0. The molecule has 0 aliphatic heterocycles. The van der Waals surface area contributed by atoms with Crippen molar-refractivity contribution < 1.29 is 85.2 Å². The second-order valence-electron chi connectivity index (χ2n) is 17.1. The quantitative estimate of drug-likeness (QED) is 0.0650. The predicted molar refractivity (Wildman–Crippen MR) is 363 cm³/mol. The zero-order chi connectivity index (χ0) is 53.6. The van der Waals surface area contributed by atoms with Gasteiger partial charge in [-0.1, -0.05) is 415 Å². The zero-order valence-electron chi connectivity index (χ0n) is 45.0. The molecule has 0 nitrogen and oxygen atoms in total. The zero-order valence-corrected chi connectivity index (χ0v) is 57.8. The molecule has 0 aromatic heterocycles. The Labute approximate surface area is 558 Å². The van der Waals surface area contributed by atoms with Crippen molar-refractivity contribution in [3.8, 4) is 0 Å². The van der Waals surface area contributed by atoms with Crippen LogP contribution in [-0.4, -0.2) is 0 Å². The third kappa shape index (κ3) is 31.7. The topological polar surface area (TPSA) is 0 Å². The molecule has 0 fully saturated rings. The van der Waals surface area contributed by atoms with Crippen LogP contribution in [0.1, 0.15) is 0 Å². The summed E-state index contributed by atoms with van der Waals surface area (Å²) in [6.07, 6.45) is 0. The Bertz CT molecular complexity index is 2520. The minimum atomic E-state index is 0. The van der Waals surface area contributed by atoms with Gasteiger partial charge >= 0.3 is 0 Å². The molecule has 422 valence electrons. The molecule has 10 heteroatoms. The van der Waals surface area contributed by atoms with Crippen LogP contribution in [0.5, 0.6) is 0 Å². The van der Waals surface area contributed by atoms with E-state index in [0.717, 1.165) is 51.5 Å². The number of hydrogen-bond donors (Lipinski definition) is 0. The van der Waals surface area contributed by atoms with Crippen molar-refractivity contribution in [1.29, 1.82) is 0 Å². The summed E-state index contributed by atoms with van der Waals surface area (Å²) >= 11 is 0. The van der Waals surface area contributed by atoms with E-state index in [-0.39, 0.29) is 85.2 Å². The molecule has 12 aromatic rings. The van der Waals surface area contributed by atoms with Crippen molar-refractivity contribution in [3.05, 3.63) is 364 Å². The molecule has 0 bridgehead atoms. The monoisotopic (exact) mass is 1560 g/mol. The van der Waals surface area contributed by atoms with Gasteiger partial charge in [0, 0.05) is 61.3 Å². The van der Waals surface area contributed by atoms with Gasteiger partial charge in [0.05, 0.1) is 0 Å². The van der Waals surface area contributed by atoms with E-state index >= 15 is 0 Å². The van der Waals surface area contributed by atoms with E-state index in [1.54, 1.807) is 0 Å². The van der Waals surface area contributed by atoms with E-state index in [1.165, 1.54) is 63.7 Å². The molecule has 0 N–H and O–H groups in total. The fraction of sp³-hybridized carbons (Fsp3) is 0. The maximum Gasteiger partial charge on any atom is 0 e. The van der Waals surface area contributed by atoms with Crippen molar-refractivity contribution in [2.75, 3.05) is 0 Å². The average Bonchev–Trinajstić information content (AvgIpc) is 3.52. The number of halogens is 1. The van der Waals surface area contributed by atoms with Crippen LogP contribution < -0.4 is 87.6 Å². The molecule has 0 saturated carbocycles. The van der Waals surface area contributed by atoms with Crippen LogP contribution in [0.25, 0.3) is 0 Å². The Kier molecular flexibility index (Phi) is 40.7. The van der Waals surface area contributed by atoms with Crippen LogP contribution in [0.3, 0.4) is 0 Å². The Morgan fingerprint density at radius 3 is 0.232 bits per heavy atom. The largest absolute Gasteiger partial charge is 1.00 e. The van der Waals surface area contributed by atoms with Gasteiger partial charge in [-0.3, -0.25) is 0 Å². The summed E-state index contributed by atoms with van der Waals surface area (Å²) in [6.45, 7) is 0. The first-order valence-corrected chi connectivity index (χ1v) is 31.9. The summed E-state index contributed by atoms with van der Waals surface area (Å²) in [7, 11) is 4.66. The Morgan fingerprint density at radius 2 is 0.171 bits per heavy atom. The van der Waals surface area contributed by atoms with E-state index < -0.39 is 0 Å². The molecule has 0 spiro atoms. The first kappa shape index (κ1) is 72.2. The molecule has 0 amide bonds. The molecule has 0 atom stereocenters. The molecular weight excluding hydrogens is 1500 g/mol. The van der Waals surface area contributed by atoms with Crippen molar-refractivity contribution in [2.24, 2.45) is 0 Å². The third-order valence-electron chi connectivity index (χ3n) is 11.0. The smallest absolute Gasteiger partial charge is 0 e. The Hall–Kier alpha value is -4.06. The van der Waals surface area contributed by atoms with Gasteiger partial charge in [-0.15, -0.1) is 0 Å². The van der Waals surface area contributed by atoms with E-state index in [1.807, 2.05) is 0 Å². The number of rotatable bonds is 12. The molecule has 0 radical (unpaired) electrons. The molecule has 0 aliphatic rings. The molecule has 82 heavy (non-hydrogen) atoms. The van der Waals surface area contributed by atoms with Crippen LogP contribution in [0.2, 0.25) is 0 Å². The van der Waals surface area contributed by atoms with Crippen LogP contribution in [-0.2, 0) is 61.3 Å². The first-order valence-electron chi connectivity index (χ1n) is 25.9. The summed E-state index contributed by atoms with van der Waals surface area (Å²) in [5.74, 6) is 0. The summed E-state index contributed by atoms with van der Waals surface area (Å²) in [5, 5.41) is 16.8. The normalized spacial score (nSPS) is 9.37. The van der Waals surface area contributed by atoms with E-state index in [2.05, 4.69) is 364 Å². The molecular formula is C72H66IP6Pd3-. The van der Waals surface area contributed by atoms with Gasteiger partial charge in [0.2, 0.25) is 0 Å². The second-order valence-corrected chi connectivity index (χ2v) is 25.6. The van der Waals surface area contributed by atoms with Gasteiger partial charge in [0.25, 0.3) is 0 Å². The van der Waals surface area contributed by atoms with Crippen molar-refractivity contribution in [1.82, 2.24) is 0 Å². The minimum Gasteiger partial charge on any atom is -1.00 e. The van der Waals surface area contributed by atoms with Gasteiger partial charge in [0.15, 0.2) is 0 Å². The molecule has 12 aromatic carbocycles. The average molecular weight is 1560 g/mol.